The van der Waals surface area contributed by atoms with E-state index in [0.29, 0.717) is 24.6 Å². The second-order valence-corrected chi connectivity index (χ2v) is 7.07. The Morgan fingerprint density at radius 3 is 2.58 bits per heavy atom. The van der Waals surface area contributed by atoms with Gasteiger partial charge < -0.3 is 15.2 Å². The first-order chi connectivity index (χ1) is 11.6. The number of thiophene rings is 1. The van der Waals surface area contributed by atoms with Gasteiger partial charge in [0.1, 0.15) is 18.5 Å². The number of ether oxygens (including phenoxy) is 1. The Kier molecular flexibility index (Phi) is 7.26. The second-order valence-electron chi connectivity index (χ2n) is 6.09. The van der Waals surface area contributed by atoms with E-state index in [-0.39, 0.29) is 12.6 Å². The highest BCUT2D eigenvalue weighted by Crippen LogP contribution is 2.25. The van der Waals surface area contributed by atoms with Gasteiger partial charge in [0.15, 0.2) is 0 Å². The molecule has 2 rings (SSSR count). The Balaban J connectivity index is 1.78. The Bertz CT molecular complexity index is 632. The molecular formula is C19H24N2O2S. The lowest BCUT2D eigenvalue weighted by Gasteiger charge is -2.23. The van der Waals surface area contributed by atoms with Crippen molar-refractivity contribution in [2.24, 2.45) is 5.92 Å². The average molecular weight is 344 g/mol. The van der Waals surface area contributed by atoms with Crippen LogP contribution < -0.4 is 10.1 Å². The van der Waals surface area contributed by atoms with Gasteiger partial charge in [-0.3, -0.25) is 0 Å². The quantitative estimate of drug-likeness (QED) is 0.730. The largest absolute Gasteiger partial charge is 0.491 e. The number of aliphatic hydroxyl groups is 1. The molecule has 2 unspecified atom stereocenters. The van der Waals surface area contributed by atoms with Crippen LogP contribution in [0.15, 0.2) is 41.8 Å². The smallest absolute Gasteiger partial charge is 0.119 e. The van der Waals surface area contributed by atoms with Crippen LogP contribution in [0.25, 0.3) is 0 Å². The molecule has 1 aromatic heterocycles. The van der Waals surface area contributed by atoms with Crippen molar-refractivity contribution >= 4 is 11.3 Å². The molecule has 1 heterocycles. The summed E-state index contributed by atoms with van der Waals surface area (Å²) < 4.78 is 5.61. The number of nitrogens with one attached hydrogen (secondary N) is 1. The van der Waals surface area contributed by atoms with Crippen molar-refractivity contribution in [2.75, 3.05) is 13.2 Å². The van der Waals surface area contributed by atoms with Gasteiger partial charge in [-0.15, -0.1) is 11.3 Å². The highest BCUT2D eigenvalue weighted by molar-refractivity contribution is 7.10. The van der Waals surface area contributed by atoms with Gasteiger partial charge in [-0.05, 0) is 35.1 Å². The molecule has 0 aliphatic carbocycles. The van der Waals surface area contributed by atoms with E-state index in [0.717, 1.165) is 5.56 Å². The summed E-state index contributed by atoms with van der Waals surface area (Å²) in [6, 6.07) is 13.9. The number of benzene rings is 1. The van der Waals surface area contributed by atoms with Gasteiger partial charge in [-0.1, -0.05) is 32.0 Å². The highest BCUT2D eigenvalue weighted by atomic mass is 32.1. The van der Waals surface area contributed by atoms with E-state index in [1.165, 1.54) is 4.88 Å². The van der Waals surface area contributed by atoms with Gasteiger partial charge in [0.25, 0.3) is 0 Å². The molecule has 2 atom stereocenters. The molecule has 2 N–H and O–H groups in total. The first kappa shape index (κ1) is 18.5. The standard InChI is InChI=1S/C19H24N2O2S/c1-14(2)19(18-4-3-11-24-18)21-12-16(22)13-23-17-7-5-15(6-8-17)9-10-20/h3-8,11,14,16,19,21-22H,9,12-13H2,1-2H3. The number of hydrogen-bond acceptors (Lipinski definition) is 5. The summed E-state index contributed by atoms with van der Waals surface area (Å²) in [5, 5.41) is 24.3. The van der Waals surface area contributed by atoms with Crippen molar-refractivity contribution in [3.05, 3.63) is 52.2 Å². The SMILES string of the molecule is CC(C)C(NCC(O)COc1ccc(CC#N)cc1)c1cccs1. The van der Waals surface area contributed by atoms with Crippen LogP contribution in [0.1, 0.15) is 30.3 Å². The summed E-state index contributed by atoms with van der Waals surface area (Å²) in [4.78, 5) is 1.28. The fourth-order valence-electron chi connectivity index (χ4n) is 2.44. The van der Waals surface area contributed by atoms with Gasteiger partial charge in [0, 0.05) is 17.5 Å². The van der Waals surface area contributed by atoms with E-state index >= 15 is 0 Å². The molecule has 0 amide bonds. The summed E-state index contributed by atoms with van der Waals surface area (Å²) in [5.41, 5.74) is 0.961. The first-order valence-electron chi connectivity index (χ1n) is 8.13. The number of nitriles is 1. The van der Waals surface area contributed by atoms with Crippen LogP contribution in [0.4, 0.5) is 0 Å². The third kappa shape index (κ3) is 5.64. The molecule has 0 aliphatic rings. The minimum Gasteiger partial charge on any atom is -0.491 e. The lowest BCUT2D eigenvalue weighted by atomic mass is 10.0. The van der Waals surface area contributed by atoms with E-state index in [9.17, 15) is 5.11 Å². The summed E-state index contributed by atoms with van der Waals surface area (Å²) in [6.45, 7) is 5.05. The molecule has 5 heteroatoms. The lowest BCUT2D eigenvalue weighted by molar-refractivity contribution is 0.102. The van der Waals surface area contributed by atoms with Crippen molar-refractivity contribution in [2.45, 2.75) is 32.4 Å². The van der Waals surface area contributed by atoms with Crippen LogP contribution in [-0.4, -0.2) is 24.4 Å². The predicted octanol–water partition coefficient (Wildman–Crippen LogP) is 3.54. The van der Waals surface area contributed by atoms with Crippen molar-refractivity contribution in [3.63, 3.8) is 0 Å². The maximum atomic E-state index is 10.2. The average Bonchev–Trinajstić information content (AvgIpc) is 3.08. The molecular weight excluding hydrogens is 320 g/mol. The van der Waals surface area contributed by atoms with Crippen molar-refractivity contribution in [3.8, 4) is 11.8 Å². The Morgan fingerprint density at radius 1 is 1.25 bits per heavy atom. The Hall–Kier alpha value is -1.87. The van der Waals surface area contributed by atoms with Gasteiger partial charge in [0.05, 0.1) is 12.5 Å². The van der Waals surface area contributed by atoms with E-state index in [2.05, 4.69) is 36.7 Å². The molecule has 0 radical (unpaired) electrons. The van der Waals surface area contributed by atoms with E-state index in [1.54, 1.807) is 11.3 Å². The predicted molar refractivity (Wildman–Crippen MR) is 97.2 cm³/mol. The van der Waals surface area contributed by atoms with Crippen molar-refractivity contribution in [1.29, 1.82) is 5.26 Å². The van der Waals surface area contributed by atoms with Crippen LogP contribution in [-0.2, 0) is 6.42 Å². The molecule has 0 bridgehead atoms. The van der Waals surface area contributed by atoms with Gasteiger partial charge >= 0.3 is 0 Å². The van der Waals surface area contributed by atoms with Crippen LogP contribution in [0, 0.1) is 17.2 Å². The maximum Gasteiger partial charge on any atom is 0.119 e. The molecule has 128 valence electrons. The molecule has 4 nitrogen and oxygen atoms in total. The third-order valence-corrected chi connectivity index (χ3v) is 4.69. The fraction of sp³-hybridized carbons (Fsp3) is 0.421. The summed E-state index contributed by atoms with van der Waals surface area (Å²) in [7, 11) is 0. The minimum atomic E-state index is -0.579. The zero-order chi connectivity index (χ0) is 17.4. The Labute approximate surface area is 147 Å². The molecule has 0 fully saturated rings. The van der Waals surface area contributed by atoms with Gasteiger partial charge in [-0.2, -0.15) is 5.26 Å². The molecule has 0 aliphatic heterocycles. The third-order valence-electron chi connectivity index (χ3n) is 3.74. The van der Waals surface area contributed by atoms with Gasteiger partial charge in [0.2, 0.25) is 0 Å². The van der Waals surface area contributed by atoms with Crippen LogP contribution in [0.3, 0.4) is 0 Å². The van der Waals surface area contributed by atoms with Crippen LogP contribution >= 0.6 is 11.3 Å². The lowest BCUT2D eigenvalue weighted by Crippen LogP contribution is -2.35. The first-order valence-corrected chi connectivity index (χ1v) is 9.01. The Morgan fingerprint density at radius 2 is 2.00 bits per heavy atom. The summed E-state index contributed by atoms with van der Waals surface area (Å²) >= 11 is 1.73. The second kappa shape index (κ2) is 9.43. The molecule has 24 heavy (non-hydrogen) atoms. The number of nitrogens with zero attached hydrogens (tertiary/aromatic N) is 1. The van der Waals surface area contributed by atoms with Crippen LogP contribution in [0.2, 0.25) is 0 Å². The van der Waals surface area contributed by atoms with Gasteiger partial charge in [-0.25, -0.2) is 0 Å². The molecule has 0 saturated carbocycles. The van der Waals surface area contributed by atoms with E-state index in [1.807, 2.05) is 30.3 Å². The number of hydrogen-bond donors (Lipinski definition) is 2. The topological polar surface area (TPSA) is 65.3 Å². The zero-order valence-corrected chi connectivity index (χ0v) is 14.9. The normalized spacial score (nSPS) is 13.5. The highest BCUT2D eigenvalue weighted by Gasteiger charge is 2.17. The number of rotatable bonds is 9. The maximum absolute atomic E-state index is 10.2. The molecule has 0 spiro atoms. The minimum absolute atomic E-state index is 0.236. The monoisotopic (exact) mass is 344 g/mol. The molecule has 2 aromatic rings. The van der Waals surface area contributed by atoms with Crippen molar-refractivity contribution < 1.29 is 9.84 Å². The van der Waals surface area contributed by atoms with Crippen molar-refractivity contribution in [1.82, 2.24) is 5.32 Å². The van der Waals surface area contributed by atoms with E-state index < -0.39 is 6.10 Å². The van der Waals surface area contributed by atoms with Crippen LogP contribution in [0.5, 0.6) is 5.75 Å². The van der Waals surface area contributed by atoms with E-state index in [4.69, 9.17) is 10.00 Å². The number of aliphatic hydroxyl groups excluding tert-OH is 1. The summed E-state index contributed by atoms with van der Waals surface area (Å²) in [6.07, 6.45) is -0.184. The molecule has 0 saturated heterocycles. The molecule has 1 aromatic carbocycles. The summed E-state index contributed by atoms with van der Waals surface area (Å²) in [5.74, 6) is 1.15. The zero-order valence-electron chi connectivity index (χ0n) is 14.1. The fourth-order valence-corrected chi connectivity index (χ4v) is 3.42.